The lowest BCUT2D eigenvalue weighted by Gasteiger charge is -2.10. The molecule has 0 unspecified atom stereocenters. The van der Waals surface area contributed by atoms with Gasteiger partial charge in [-0.25, -0.2) is 4.79 Å². The quantitative estimate of drug-likeness (QED) is 0.601. The van der Waals surface area contributed by atoms with Gasteiger partial charge in [-0.2, -0.15) is 0 Å². The first kappa shape index (κ1) is 11.2. The minimum Gasteiger partial charge on any atom is -0.465 e. The zero-order chi connectivity index (χ0) is 10.7. The van der Waals surface area contributed by atoms with Crippen LogP contribution in [0.25, 0.3) is 0 Å². The highest BCUT2D eigenvalue weighted by Crippen LogP contribution is 2.21. The van der Waals surface area contributed by atoms with Crippen LogP contribution in [0.5, 0.6) is 0 Å². The molecule has 14 heavy (non-hydrogen) atoms. The Kier molecular flexibility index (Phi) is 3.69. The molecule has 0 atom stereocenters. The Morgan fingerprint density at radius 2 is 2.07 bits per heavy atom. The molecular weight excluding hydrogens is 244 g/mol. The maximum absolute atomic E-state index is 11.5. The highest BCUT2D eigenvalue weighted by atomic mass is 79.9. The number of aryl methyl sites for hydroxylation is 1. The van der Waals surface area contributed by atoms with E-state index in [9.17, 15) is 4.79 Å². The first-order valence-electron chi connectivity index (χ1n) is 4.35. The fourth-order valence-electron chi connectivity index (χ4n) is 1.37. The van der Waals surface area contributed by atoms with E-state index in [0.29, 0.717) is 10.9 Å². The molecule has 1 aromatic rings. The first-order chi connectivity index (χ1) is 6.61. The average Bonchev–Trinajstić information content (AvgIpc) is 2.20. The van der Waals surface area contributed by atoms with E-state index in [4.69, 9.17) is 4.74 Å². The van der Waals surface area contributed by atoms with Crippen molar-refractivity contribution in [3.63, 3.8) is 0 Å². The molecule has 0 radical (unpaired) electrons. The molecule has 0 bridgehead atoms. The van der Waals surface area contributed by atoms with Crippen molar-refractivity contribution in [1.29, 1.82) is 0 Å². The van der Waals surface area contributed by atoms with Crippen LogP contribution >= 0.6 is 15.9 Å². The standard InChI is InChI=1S/C11H13BrO2/c1-7-4-5-9(6-12)10(8(7)2)11(13)14-3/h4-5H,6H2,1-3H3. The van der Waals surface area contributed by atoms with Crippen LogP contribution in [-0.4, -0.2) is 13.1 Å². The highest BCUT2D eigenvalue weighted by molar-refractivity contribution is 9.08. The summed E-state index contributed by atoms with van der Waals surface area (Å²) < 4.78 is 4.75. The average molecular weight is 257 g/mol. The van der Waals surface area contributed by atoms with Crippen molar-refractivity contribution < 1.29 is 9.53 Å². The van der Waals surface area contributed by atoms with E-state index in [-0.39, 0.29) is 5.97 Å². The Labute approximate surface area is 92.4 Å². The van der Waals surface area contributed by atoms with Crippen LogP contribution in [0.4, 0.5) is 0 Å². The highest BCUT2D eigenvalue weighted by Gasteiger charge is 2.15. The van der Waals surface area contributed by atoms with Crippen molar-refractivity contribution in [2.45, 2.75) is 19.2 Å². The number of rotatable bonds is 2. The predicted octanol–water partition coefficient (Wildman–Crippen LogP) is 2.98. The molecule has 2 nitrogen and oxygen atoms in total. The number of hydrogen-bond acceptors (Lipinski definition) is 2. The number of ether oxygens (including phenoxy) is 1. The molecule has 0 saturated heterocycles. The van der Waals surface area contributed by atoms with Crippen molar-refractivity contribution in [1.82, 2.24) is 0 Å². The summed E-state index contributed by atoms with van der Waals surface area (Å²) in [7, 11) is 1.40. The summed E-state index contributed by atoms with van der Waals surface area (Å²) in [4.78, 5) is 11.5. The van der Waals surface area contributed by atoms with Crippen LogP contribution in [0.15, 0.2) is 12.1 Å². The molecule has 76 valence electrons. The van der Waals surface area contributed by atoms with E-state index < -0.39 is 0 Å². The molecule has 0 fully saturated rings. The zero-order valence-electron chi connectivity index (χ0n) is 8.56. The molecule has 0 aromatic heterocycles. The van der Waals surface area contributed by atoms with Gasteiger partial charge < -0.3 is 4.74 Å². The molecule has 0 amide bonds. The van der Waals surface area contributed by atoms with Gasteiger partial charge in [-0.1, -0.05) is 28.1 Å². The van der Waals surface area contributed by atoms with Crippen LogP contribution in [-0.2, 0) is 10.1 Å². The summed E-state index contributed by atoms with van der Waals surface area (Å²) in [6, 6.07) is 3.96. The van der Waals surface area contributed by atoms with E-state index in [2.05, 4.69) is 15.9 Å². The molecular formula is C11H13BrO2. The van der Waals surface area contributed by atoms with Crippen LogP contribution < -0.4 is 0 Å². The third-order valence-corrected chi connectivity index (χ3v) is 2.96. The zero-order valence-corrected chi connectivity index (χ0v) is 10.1. The monoisotopic (exact) mass is 256 g/mol. The number of hydrogen-bond donors (Lipinski definition) is 0. The Morgan fingerprint density at radius 3 is 2.57 bits per heavy atom. The van der Waals surface area contributed by atoms with Crippen molar-refractivity contribution >= 4 is 21.9 Å². The lowest BCUT2D eigenvalue weighted by atomic mass is 9.99. The number of methoxy groups -OCH3 is 1. The first-order valence-corrected chi connectivity index (χ1v) is 5.47. The second kappa shape index (κ2) is 4.60. The van der Waals surface area contributed by atoms with Gasteiger partial charge in [0.15, 0.2) is 0 Å². The predicted molar refractivity (Wildman–Crippen MR) is 59.9 cm³/mol. The SMILES string of the molecule is COC(=O)c1c(CBr)ccc(C)c1C. The minimum absolute atomic E-state index is 0.263. The fraction of sp³-hybridized carbons (Fsp3) is 0.364. The van der Waals surface area contributed by atoms with Gasteiger partial charge in [-0.3, -0.25) is 0 Å². The van der Waals surface area contributed by atoms with Gasteiger partial charge in [-0.05, 0) is 30.5 Å². The maximum Gasteiger partial charge on any atom is 0.338 e. The summed E-state index contributed by atoms with van der Waals surface area (Å²) in [5.74, 6) is -0.263. The molecule has 0 aliphatic heterocycles. The summed E-state index contributed by atoms with van der Waals surface area (Å²) in [6.07, 6.45) is 0. The summed E-state index contributed by atoms with van der Waals surface area (Å²) in [5, 5.41) is 0.665. The second-order valence-corrected chi connectivity index (χ2v) is 3.73. The Bertz CT molecular complexity index is 359. The van der Waals surface area contributed by atoms with Crippen molar-refractivity contribution in [3.05, 3.63) is 34.4 Å². The topological polar surface area (TPSA) is 26.3 Å². The summed E-state index contributed by atoms with van der Waals surface area (Å²) in [6.45, 7) is 3.92. The molecule has 1 aromatic carbocycles. The number of benzene rings is 1. The third-order valence-electron chi connectivity index (χ3n) is 2.36. The van der Waals surface area contributed by atoms with Crippen molar-refractivity contribution in [3.8, 4) is 0 Å². The lowest BCUT2D eigenvalue weighted by molar-refractivity contribution is 0.0599. The number of esters is 1. The van der Waals surface area contributed by atoms with E-state index in [1.54, 1.807) is 0 Å². The van der Waals surface area contributed by atoms with E-state index in [1.165, 1.54) is 7.11 Å². The van der Waals surface area contributed by atoms with Gasteiger partial charge in [0, 0.05) is 5.33 Å². The van der Waals surface area contributed by atoms with Gasteiger partial charge in [-0.15, -0.1) is 0 Å². The van der Waals surface area contributed by atoms with Crippen LogP contribution in [0, 0.1) is 13.8 Å². The van der Waals surface area contributed by atoms with Crippen LogP contribution in [0.2, 0.25) is 0 Å². The fourth-order valence-corrected chi connectivity index (χ4v) is 1.84. The number of carbonyl (C=O) groups excluding carboxylic acids is 1. The third kappa shape index (κ3) is 1.98. The lowest BCUT2D eigenvalue weighted by Crippen LogP contribution is -2.08. The van der Waals surface area contributed by atoms with Gasteiger partial charge in [0.2, 0.25) is 0 Å². The number of carbonyl (C=O) groups is 1. The van der Waals surface area contributed by atoms with Gasteiger partial charge in [0.05, 0.1) is 12.7 Å². The van der Waals surface area contributed by atoms with Gasteiger partial charge in [0.1, 0.15) is 0 Å². The molecule has 0 aliphatic carbocycles. The minimum atomic E-state index is -0.263. The van der Waals surface area contributed by atoms with Crippen molar-refractivity contribution in [2.75, 3.05) is 7.11 Å². The molecule has 0 N–H and O–H groups in total. The van der Waals surface area contributed by atoms with E-state index in [1.807, 2.05) is 26.0 Å². The Balaban J connectivity index is 3.35. The normalized spacial score (nSPS) is 10.0. The van der Waals surface area contributed by atoms with Crippen LogP contribution in [0.3, 0.4) is 0 Å². The smallest absolute Gasteiger partial charge is 0.338 e. The number of halogens is 1. The van der Waals surface area contributed by atoms with Gasteiger partial charge >= 0.3 is 5.97 Å². The summed E-state index contributed by atoms with van der Waals surface area (Å²) >= 11 is 3.36. The van der Waals surface area contributed by atoms with Crippen molar-refractivity contribution in [2.24, 2.45) is 0 Å². The number of alkyl halides is 1. The molecule has 1 rings (SSSR count). The summed E-state index contributed by atoms with van der Waals surface area (Å²) in [5.41, 5.74) is 3.76. The van der Waals surface area contributed by atoms with E-state index >= 15 is 0 Å². The molecule has 3 heteroatoms. The molecule has 0 heterocycles. The maximum atomic E-state index is 11.5. The Hall–Kier alpha value is -0.830. The largest absolute Gasteiger partial charge is 0.465 e. The van der Waals surface area contributed by atoms with Gasteiger partial charge in [0.25, 0.3) is 0 Å². The molecule has 0 spiro atoms. The van der Waals surface area contributed by atoms with E-state index in [0.717, 1.165) is 16.7 Å². The van der Waals surface area contributed by atoms with Crippen LogP contribution in [0.1, 0.15) is 27.0 Å². The molecule has 0 saturated carbocycles. The Morgan fingerprint density at radius 1 is 1.43 bits per heavy atom. The molecule has 0 aliphatic rings. The second-order valence-electron chi connectivity index (χ2n) is 3.17.